The molecule has 5 nitrogen and oxygen atoms in total. The number of carbonyl (C=O) groups excluding carboxylic acids is 1. The Kier molecular flexibility index (Phi) is 6.89. The third-order valence-corrected chi connectivity index (χ3v) is 6.73. The van der Waals surface area contributed by atoms with Crippen molar-refractivity contribution in [2.24, 2.45) is 0 Å². The van der Waals surface area contributed by atoms with Crippen LogP contribution in [0.3, 0.4) is 0 Å². The molecule has 30 heavy (non-hydrogen) atoms. The number of nitrogens with zero attached hydrogens (tertiary/aromatic N) is 1. The predicted octanol–water partition coefficient (Wildman–Crippen LogP) is 4.41. The summed E-state index contributed by atoms with van der Waals surface area (Å²) in [5.41, 5.74) is 2.01. The third kappa shape index (κ3) is 5.46. The van der Waals surface area contributed by atoms with Crippen molar-refractivity contribution in [2.45, 2.75) is 18.4 Å². The lowest BCUT2D eigenvalue weighted by Gasteiger charge is -2.24. The summed E-state index contributed by atoms with van der Waals surface area (Å²) >= 11 is 3.33. The zero-order valence-electron chi connectivity index (χ0n) is 16.2. The van der Waals surface area contributed by atoms with Gasteiger partial charge in [-0.15, -0.1) is 0 Å². The fourth-order valence-electron chi connectivity index (χ4n) is 2.75. The highest BCUT2D eigenvalue weighted by Gasteiger charge is 2.27. The lowest BCUT2D eigenvalue weighted by Crippen LogP contribution is -2.40. The van der Waals surface area contributed by atoms with Crippen LogP contribution in [-0.4, -0.2) is 20.9 Å². The number of halogens is 2. The topological polar surface area (TPSA) is 66.5 Å². The monoisotopic (exact) mass is 490 g/mol. The summed E-state index contributed by atoms with van der Waals surface area (Å²) in [6, 6.07) is 18.9. The van der Waals surface area contributed by atoms with E-state index < -0.39 is 15.9 Å². The SMILES string of the molecule is Cc1ccc(S(=O)(=O)N(CC(=O)NCc2ccc(F)cc2)c2ccc(Br)cc2)cc1. The van der Waals surface area contributed by atoms with Crippen LogP contribution in [0, 0.1) is 12.7 Å². The molecular weight excluding hydrogens is 471 g/mol. The summed E-state index contributed by atoms with van der Waals surface area (Å²) in [5, 5.41) is 2.69. The molecule has 1 amide bonds. The highest BCUT2D eigenvalue weighted by atomic mass is 79.9. The van der Waals surface area contributed by atoms with Crippen LogP contribution in [0.1, 0.15) is 11.1 Å². The molecule has 0 fully saturated rings. The van der Waals surface area contributed by atoms with E-state index >= 15 is 0 Å². The summed E-state index contributed by atoms with van der Waals surface area (Å²) in [6.07, 6.45) is 0. The first kappa shape index (κ1) is 22.0. The van der Waals surface area contributed by atoms with Crippen molar-refractivity contribution in [3.05, 3.63) is 94.2 Å². The average molecular weight is 491 g/mol. The molecule has 3 aromatic carbocycles. The van der Waals surface area contributed by atoms with Crippen LogP contribution in [-0.2, 0) is 21.4 Å². The molecular formula is C22H20BrFN2O3S. The van der Waals surface area contributed by atoms with E-state index in [9.17, 15) is 17.6 Å². The van der Waals surface area contributed by atoms with E-state index in [2.05, 4.69) is 21.2 Å². The number of rotatable bonds is 7. The maximum absolute atomic E-state index is 13.3. The van der Waals surface area contributed by atoms with E-state index in [0.29, 0.717) is 11.3 Å². The largest absolute Gasteiger partial charge is 0.350 e. The number of anilines is 1. The minimum absolute atomic E-state index is 0.0994. The summed E-state index contributed by atoms with van der Waals surface area (Å²) in [6.45, 7) is 1.64. The smallest absolute Gasteiger partial charge is 0.264 e. The first-order chi connectivity index (χ1) is 14.3. The van der Waals surface area contributed by atoms with E-state index in [4.69, 9.17) is 0 Å². The van der Waals surface area contributed by atoms with Gasteiger partial charge in [-0.05, 0) is 61.0 Å². The van der Waals surface area contributed by atoms with Gasteiger partial charge in [-0.25, -0.2) is 12.8 Å². The van der Waals surface area contributed by atoms with Gasteiger partial charge in [0.15, 0.2) is 0 Å². The molecule has 0 saturated carbocycles. The molecule has 0 aromatic heterocycles. The molecule has 0 aliphatic carbocycles. The molecule has 3 rings (SSSR count). The van der Waals surface area contributed by atoms with E-state index in [-0.39, 0.29) is 23.8 Å². The fraction of sp³-hybridized carbons (Fsp3) is 0.136. The molecule has 0 atom stereocenters. The molecule has 0 radical (unpaired) electrons. The number of nitrogens with one attached hydrogen (secondary N) is 1. The van der Waals surface area contributed by atoms with E-state index in [0.717, 1.165) is 14.3 Å². The number of sulfonamides is 1. The first-order valence-corrected chi connectivity index (χ1v) is 11.3. The summed E-state index contributed by atoms with van der Waals surface area (Å²) in [5.74, 6) is -0.839. The maximum Gasteiger partial charge on any atom is 0.264 e. The Hall–Kier alpha value is -2.71. The van der Waals surface area contributed by atoms with Crippen LogP contribution >= 0.6 is 15.9 Å². The Morgan fingerprint density at radius 3 is 2.17 bits per heavy atom. The van der Waals surface area contributed by atoms with Gasteiger partial charge in [-0.3, -0.25) is 9.10 Å². The van der Waals surface area contributed by atoms with Crippen LogP contribution in [0.2, 0.25) is 0 Å². The van der Waals surface area contributed by atoms with Crippen molar-refractivity contribution >= 4 is 37.5 Å². The number of aryl methyl sites for hydroxylation is 1. The van der Waals surface area contributed by atoms with Gasteiger partial charge in [0.2, 0.25) is 5.91 Å². The minimum Gasteiger partial charge on any atom is -0.350 e. The quantitative estimate of drug-likeness (QED) is 0.533. The molecule has 1 N–H and O–H groups in total. The minimum atomic E-state index is -3.96. The molecule has 0 unspecified atom stereocenters. The van der Waals surface area contributed by atoms with Crippen LogP contribution in [0.4, 0.5) is 10.1 Å². The Bertz CT molecular complexity index is 1120. The molecule has 0 aliphatic heterocycles. The van der Waals surface area contributed by atoms with Crippen LogP contribution in [0.25, 0.3) is 0 Å². The Labute approximate surface area is 183 Å². The average Bonchev–Trinajstić information content (AvgIpc) is 2.72. The second kappa shape index (κ2) is 9.40. The van der Waals surface area contributed by atoms with Gasteiger partial charge in [0, 0.05) is 11.0 Å². The van der Waals surface area contributed by atoms with Crippen molar-refractivity contribution in [3.8, 4) is 0 Å². The molecule has 0 saturated heterocycles. The molecule has 0 aliphatic rings. The second-order valence-corrected chi connectivity index (χ2v) is 9.48. The molecule has 8 heteroatoms. The van der Waals surface area contributed by atoms with Gasteiger partial charge in [-0.2, -0.15) is 0 Å². The van der Waals surface area contributed by atoms with Crippen molar-refractivity contribution in [3.63, 3.8) is 0 Å². The summed E-state index contributed by atoms with van der Waals surface area (Å²) in [4.78, 5) is 12.7. The van der Waals surface area contributed by atoms with Gasteiger partial charge < -0.3 is 5.32 Å². The molecule has 0 spiro atoms. The lowest BCUT2D eigenvalue weighted by atomic mass is 10.2. The Morgan fingerprint density at radius 2 is 1.57 bits per heavy atom. The zero-order valence-corrected chi connectivity index (χ0v) is 18.6. The maximum atomic E-state index is 13.3. The Balaban J connectivity index is 1.84. The third-order valence-electron chi connectivity index (χ3n) is 4.41. The second-order valence-electron chi connectivity index (χ2n) is 6.70. The van der Waals surface area contributed by atoms with Gasteiger partial charge in [0.1, 0.15) is 12.4 Å². The lowest BCUT2D eigenvalue weighted by molar-refractivity contribution is -0.119. The Morgan fingerprint density at radius 1 is 0.967 bits per heavy atom. The molecule has 0 bridgehead atoms. The van der Waals surface area contributed by atoms with Crippen LogP contribution in [0.15, 0.2) is 82.2 Å². The van der Waals surface area contributed by atoms with Gasteiger partial charge in [0.05, 0.1) is 10.6 Å². The number of carbonyl (C=O) groups is 1. The first-order valence-electron chi connectivity index (χ1n) is 9.12. The van der Waals surface area contributed by atoms with E-state index in [1.54, 1.807) is 48.5 Å². The van der Waals surface area contributed by atoms with Crippen molar-refractivity contribution in [2.75, 3.05) is 10.8 Å². The van der Waals surface area contributed by atoms with Crippen molar-refractivity contribution < 1.29 is 17.6 Å². The predicted molar refractivity (Wildman–Crippen MR) is 118 cm³/mol. The van der Waals surface area contributed by atoms with Gasteiger partial charge in [0.25, 0.3) is 10.0 Å². The molecule has 156 valence electrons. The van der Waals surface area contributed by atoms with Crippen molar-refractivity contribution in [1.82, 2.24) is 5.32 Å². The summed E-state index contributed by atoms with van der Waals surface area (Å²) in [7, 11) is -3.96. The normalized spacial score (nSPS) is 11.2. The van der Waals surface area contributed by atoms with Gasteiger partial charge in [-0.1, -0.05) is 45.8 Å². The van der Waals surface area contributed by atoms with Crippen LogP contribution in [0.5, 0.6) is 0 Å². The standard InChI is InChI=1S/C22H20BrFN2O3S/c1-16-2-12-21(13-3-16)30(28,29)26(20-10-6-18(23)7-11-20)15-22(27)25-14-17-4-8-19(24)9-5-17/h2-13H,14-15H2,1H3,(H,25,27). The molecule has 0 heterocycles. The zero-order chi connectivity index (χ0) is 21.7. The van der Waals surface area contributed by atoms with Crippen LogP contribution < -0.4 is 9.62 Å². The summed E-state index contributed by atoms with van der Waals surface area (Å²) < 4.78 is 41.4. The number of hydrogen-bond acceptors (Lipinski definition) is 3. The fourth-order valence-corrected chi connectivity index (χ4v) is 4.43. The van der Waals surface area contributed by atoms with E-state index in [1.165, 1.54) is 24.3 Å². The van der Waals surface area contributed by atoms with Crippen molar-refractivity contribution in [1.29, 1.82) is 0 Å². The highest BCUT2D eigenvalue weighted by molar-refractivity contribution is 9.10. The number of hydrogen-bond donors (Lipinski definition) is 1. The number of amides is 1. The van der Waals surface area contributed by atoms with Gasteiger partial charge >= 0.3 is 0 Å². The number of benzene rings is 3. The highest BCUT2D eigenvalue weighted by Crippen LogP contribution is 2.25. The molecule has 3 aromatic rings. The van der Waals surface area contributed by atoms with E-state index in [1.807, 2.05) is 6.92 Å².